The minimum absolute atomic E-state index is 0.0106. The van der Waals surface area contributed by atoms with Gasteiger partial charge in [0.1, 0.15) is 11.9 Å². The van der Waals surface area contributed by atoms with Crippen molar-refractivity contribution in [2.24, 2.45) is 0 Å². The third kappa shape index (κ3) is 4.06. The largest absolute Gasteiger partial charge is 0.490 e. The number of aliphatic carboxylic acids is 1. The summed E-state index contributed by atoms with van der Waals surface area (Å²) in [6.45, 7) is 2.07. The molecule has 1 aromatic carbocycles. The molecule has 1 amide bonds. The first-order valence-corrected chi connectivity index (χ1v) is 8.50. The fraction of sp³-hybridized carbons (Fsp3) is 0.556. The Labute approximate surface area is 141 Å². The van der Waals surface area contributed by atoms with Crippen LogP contribution in [0.25, 0.3) is 0 Å². The van der Waals surface area contributed by atoms with E-state index in [0.717, 1.165) is 44.6 Å². The summed E-state index contributed by atoms with van der Waals surface area (Å²) in [5.41, 5.74) is 0.576. The minimum Gasteiger partial charge on any atom is -0.490 e. The minimum atomic E-state index is -0.861. The molecule has 1 unspecified atom stereocenters. The third-order valence-electron chi connectivity index (χ3n) is 4.62. The van der Waals surface area contributed by atoms with Crippen molar-refractivity contribution >= 4 is 11.9 Å². The maximum atomic E-state index is 12.6. The summed E-state index contributed by atoms with van der Waals surface area (Å²) in [5, 5.41) is 8.97. The molecule has 2 heterocycles. The van der Waals surface area contributed by atoms with Gasteiger partial charge in [-0.05, 0) is 37.1 Å². The predicted octanol–water partition coefficient (Wildman–Crippen LogP) is 2.32. The van der Waals surface area contributed by atoms with Crippen LogP contribution in [0.3, 0.4) is 0 Å². The highest BCUT2D eigenvalue weighted by Crippen LogP contribution is 2.24. The van der Waals surface area contributed by atoms with Gasteiger partial charge in [-0.1, -0.05) is 0 Å². The number of rotatable bonds is 5. The molecule has 6 nitrogen and oxygen atoms in total. The smallest absolute Gasteiger partial charge is 0.305 e. The fourth-order valence-electron chi connectivity index (χ4n) is 3.35. The van der Waals surface area contributed by atoms with Gasteiger partial charge >= 0.3 is 5.97 Å². The lowest BCUT2D eigenvalue weighted by Crippen LogP contribution is -2.36. The van der Waals surface area contributed by atoms with Crippen LogP contribution in [0.4, 0.5) is 0 Å². The number of likely N-dealkylation sites (tertiary alicyclic amines) is 1. The summed E-state index contributed by atoms with van der Waals surface area (Å²) < 4.78 is 11.2. The van der Waals surface area contributed by atoms with Gasteiger partial charge in [-0.25, -0.2) is 0 Å². The molecule has 3 rings (SSSR count). The van der Waals surface area contributed by atoms with Crippen molar-refractivity contribution in [1.82, 2.24) is 4.90 Å². The van der Waals surface area contributed by atoms with Crippen LogP contribution in [0, 0.1) is 0 Å². The van der Waals surface area contributed by atoms with E-state index >= 15 is 0 Å². The molecule has 1 N–H and O–H groups in total. The zero-order valence-corrected chi connectivity index (χ0v) is 13.6. The molecule has 1 atom stereocenters. The average molecular weight is 333 g/mol. The Morgan fingerprint density at radius 2 is 1.88 bits per heavy atom. The number of carbonyl (C=O) groups excluding carboxylic acids is 1. The van der Waals surface area contributed by atoms with Crippen molar-refractivity contribution in [1.29, 1.82) is 0 Å². The molecule has 0 spiro atoms. The number of nitrogens with zero attached hydrogens (tertiary/aromatic N) is 1. The summed E-state index contributed by atoms with van der Waals surface area (Å²) >= 11 is 0. The number of ether oxygens (including phenoxy) is 2. The summed E-state index contributed by atoms with van der Waals surface area (Å²) in [4.78, 5) is 25.2. The zero-order valence-electron chi connectivity index (χ0n) is 13.6. The van der Waals surface area contributed by atoms with Gasteiger partial charge in [-0.15, -0.1) is 0 Å². The van der Waals surface area contributed by atoms with E-state index in [2.05, 4.69) is 0 Å². The van der Waals surface area contributed by atoms with Crippen LogP contribution in [-0.2, 0) is 9.53 Å². The molecule has 2 aliphatic rings. The van der Waals surface area contributed by atoms with Crippen LogP contribution in [0.2, 0.25) is 0 Å². The van der Waals surface area contributed by atoms with E-state index in [4.69, 9.17) is 14.6 Å². The Kier molecular flexibility index (Phi) is 5.35. The van der Waals surface area contributed by atoms with Crippen LogP contribution in [0.1, 0.15) is 42.5 Å². The van der Waals surface area contributed by atoms with Gasteiger partial charge in [0, 0.05) is 31.0 Å². The SMILES string of the molecule is O=C(O)CC1CCCN1C(=O)c1ccc(OC2CCOCC2)cc1. The molecular formula is C18H23NO5. The molecule has 130 valence electrons. The third-order valence-corrected chi connectivity index (χ3v) is 4.62. The highest BCUT2D eigenvalue weighted by atomic mass is 16.5. The van der Waals surface area contributed by atoms with E-state index in [1.165, 1.54) is 0 Å². The number of carboxylic acids is 1. The second-order valence-corrected chi connectivity index (χ2v) is 6.35. The van der Waals surface area contributed by atoms with Crippen molar-refractivity contribution < 1.29 is 24.2 Å². The number of amides is 1. The van der Waals surface area contributed by atoms with Gasteiger partial charge < -0.3 is 19.5 Å². The van der Waals surface area contributed by atoms with Crippen LogP contribution in [0.5, 0.6) is 5.75 Å². The fourth-order valence-corrected chi connectivity index (χ4v) is 3.35. The van der Waals surface area contributed by atoms with E-state index in [9.17, 15) is 9.59 Å². The zero-order chi connectivity index (χ0) is 16.9. The Bertz CT molecular complexity index is 580. The molecular weight excluding hydrogens is 310 g/mol. The molecule has 2 saturated heterocycles. The topological polar surface area (TPSA) is 76.1 Å². The molecule has 0 bridgehead atoms. The number of hydrogen-bond acceptors (Lipinski definition) is 4. The van der Waals surface area contributed by atoms with Crippen molar-refractivity contribution in [2.75, 3.05) is 19.8 Å². The first-order chi connectivity index (χ1) is 11.6. The van der Waals surface area contributed by atoms with E-state index in [-0.39, 0.29) is 24.5 Å². The van der Waals surface area contributed by atoms with Crippen LogP contribution in [0.15, 0.2) is 24.3 Å². The Morgan fingerprint density at radius 1 is 1.17 bits per heavy atom. The van der Waals surface area contributed by atoms with Crippen molar-refractivity contribution in [2.45, 2.75) is 44.2 Å². The standard InChI is InChI=1S/C18H23NO5/c20-17(21)12-14-2-1-9-19(14)18(22)13-3-5-15(6-4-13)24-16-7-10-23-11-8-16/h3-6,14,16H,1-2,7-12H2,(H,20,21). The quantitative estimate of drug-likeness (QED) is 0.895. The van der Waals surface area contributed by atoms with Gasteiger partial charge in [0.2, 0.25) is 0 Å². The summed E-state index contributed by atoms with van der Waals surface area (Å²) in [7, 11) is 0. The second-order valence-electron chi connectivity index (χ2n) is 6.35. The number of benzene rings is 1. The highest BCUT2D eigenvalue weighted by Gasteiger charge is 2.30. The Morgan fingerprint density at radius 3 is 2.54 bits per heavy atom. The van der Waals surface area contributed by atoms with Gasteiger partial charge in [0.05, 0.1) is 19.6 Å². The van der Waals surface area contributed by atoms with Crippen molar-refractivity contribution in [3.63, 3.8) is 0 Å². The van der Waals surface area contributed by atoms with E-state index in [0.29, 0.717) is 12.1 Å². The normalized spacial score (nSPS) is 21.7. The summed E-state index contributed by atoms with van der Waals surface area (Å²) in [6.07, 6.45) is 3.55. The maximum absolute atomic E-state index is 12.6. The van der Waals surface area contributed by atoms with E-state index in [1.807, 2.05) is 12.1 Å². The lowest BCUT2D eigenvalue weighted by Gasteiger charge is -2.24. The van der Waals surface area contributed by atoms with E-state index < -0.39 is 5.97 Å². The Hall–Kier alpha value is -2.08. The van der Waals surface area contributed by atoms with Crippen LogP contribution in [-0.4, -0.2) is 53.8 Å². The van der Waals surface area contributed by atoms with Crippen LogP contribution < -0.4 is 4.74 Å². The van der Waals surface area contributed by atoms with Gasteiger partial charge in [0.25, 0.3) is 5.91 Å². The number of carboxylic acid groups (broad SMARTS) is 1. The van der Waals surface area contributed by atoms with E-state index in [1.54, 1.807) is 17.0 Å². The molecule has 0 aromatic heterocycles. The van der Waals surface area contributed by atoms with Gasteiger partial charge in [0.15, 0.2) is 0 Å². The van der Waals surface area contributed by atoms with Crippen molar-refractivity contribution in [3.8, 4) is 5.75 Å². The lowest BCUT2D eigenvalue weighted by molar-refractivity contribution is -0.137. The average Bonchev–Trinajstić information content (AvgIpc) is 3.03. The monoisotopic (exact) mass is 333 g/mol. The predicted molar refractivity (Wildman–Crippen MR) is 87.2 cm³/mol. The van der Waals surface area contributed by atoms with Crippen molar-refractivity contribution in [3.05, 3.63) is 29.8 Å². The first-order valence-electron chi connectivity index (χ1n) is 8.50. The highest BCUT2D eigenvalue weighted by molar-refractivity contribution is 5.95. The second kappa shape index (κ2) is 7.66. The number of hydrogen-bond donors (Lipinski definition) is 1. The molecule has 2 aliphatic heterocycles. The molecule has 24 heavy (non-hydrogen) atoms. The molecule has 1 aromatic rings. The molecule has 2 fully saturated rings. The molecule has 0 saturated carbocycles. The van der Waals surface area contributed by atoms with Gasteiger partial charge in [-0.2, -0.15) is 0 Å². The summed E-state index contributed by atoms with van der Waals surface area (Å²) in [5.74, 6) is -0.210. The molecule has 6 heteroatoms. The van der Waals surface area contributed by atoms with Gasteiger partial charge in [-0.3, -0.25) is 9.59 Å². The molecule has 0 aliphatic carbocycles. The first kappa shape index (κ1) is 16.8. The number of carbonyl (C=O) groups is 2. The lowest BCUT2D eigenvalue weighted by atomic mass is 10.1. The molecule has 0 radical (unpaired) electrons. The maximum Gasteiger partial charge on any atom is 0.305 e. The summed E-state index contributed by atoms with van der Waals surface area (Å²) in [6, 6.07) is 6.93. The Balaban J connectivity index is 1.61. The van der Waals surface area contributed by atoms with Crippen LogP contribution >= 0.6 is 0 Å².